The number of benzene rings is 3. The molecule has 1 aliphatic rings. The van der Waals surface area contributed by atoms with Gasteiger partial charge in [-0.05, 0) is 53.6 Å². The second kappa shape index (κ2) is 9.27. The molecule has 0 aliphatic carbocycles. The summed E-state index contributed by atoms with van der Waals surface area (Å²) in [6.07, 6.45) is 0. The van der Waals surface area contributed by atoms with Crippen molar-refractivity contribution in [3.63, 3.8) is 0 Å². The lowest BCUT2D eigenvalue weighted by molar-refractivity contribution is 0.0597. The molecule has 31 heavy (non-hydrogen) atoms. The topological polar surface area (TPSA) is 32.8 Å². The van der Waals surface area contributed by atoms with Gasteiger partial charge in [0.05, 0.1) is 13.2 Å². The van der Waals surface area contributed by atoms with Crippen LogP contribution < -0.4 is 4.74 Å². The number of ether oxygens (including phenoxy) is 1. The van der Waals surface area contributed by atoms with Crippen LogP contribution in [0.1, 0.15) is 27.5 Å². The van der Waals surface area contributed by atoms with Crippen molar-refractivity contribution in [2.45, 2.75) is 6.04 Å². The standard InChI is InChI=1S/C25H24F2N2O2/c1-31-23-4-2-3-20(17-23)25(30)29-15-13-28(14-16-29)24(18-5-9-21(26)10-6-18)19-7-11-22(27)12-8-19/h2-12,17,24H,13-16H2,1H3. The van der Waals surface area contributed by atoms with E-state index in [0.717, 1.165) is 11.1 Å². The lowest BCUT2D eigenvalue weighted by Crippen LogP contribution is -2.49. The molecule has 4 nitrogen and oxygen atoms in total. The van der Waals surface area contributed by atoms with Crippen molar-refractivity contribution in [1.29, 1.82) is 0 Å². The largest absolute Gasteiger partial charge is 0.497 e. The Hall–Kier alpha value is -3.25. The highest BCUT2D eigenvalue weighted by atomic mass is 19.1. The van der Waals surface area contributed by atoms with Crippen LogP contribution in [0.25, 0.3) is 0 Å². The number of amides is 1. The highest BCUT2D eigenvalue weighted by Crippen LogP contribution is 2.30. The van der Waals surface area contributed by atoms with Crippen LogP contribution in [0.4, 0.5) is 8.78 Å². The average Bonchev–Trinajstić information content (AvgIpc) is 2.82. The zero-order valence-corrected chi connectivity index (χ0v) is 17.3. The number of carbonyl (C=O) groups is 1. The minimum Gasteiger partial charge on any atom is -0.497 e. The summed E-state index contributed by atoms with van der Waals surface area (Å²) in [6.45, 7) is 2.42. The Morgan fingerprint density at radius 3 is 1.90 bits per heavy atom. The molecule has 0 radical (unpaired) electrons. The van der Waals surface area contributed by atoms with E-state index in [1.165, 1.54) is 24.3 Å². The maximum absolute atomic E-state index is 13.5. The van der Waals surface area contributed by atoms with Crippen molar-refractivity contribution in [3.05, 3.63) is 101 Å². The number of halogens is 2. The number of carbonyl (C=O) groups excluding carboxylic acids is 1. The maximum Gasteiger partial charge on any atom is 0.254 e. The van der Waals surface area contributed by atoms with Gasteiger partial charge in [-0.2, -0.15) is 0 Å². The van der Waals surface area contributed by atoms with Crippen LogP contribution in [0.3, 0.4) is 0 Å². The number of nitrogens with zero attached hydrogens (tertiary/aromatic N) is 2. The first kappa shape index (κ1) is 21.0. The number of hydrogen-bond donors (Lipinski definition) is 0. The van der Waals surface area contributed by atoms with Gasteiger partial charge in [0, 0.05) is 31.7 Å². The van der Waals surface area contributed by atoms with Gasteiger partial charge in [-0.25, -0.2) is 8.78 Å². The smallest absolute Gasteiger partial charge is 0.254 e. The van der Waals surface area contributed by atoms with Gasteiger partial charge < -0.3 is 9.64 Å². The molecule has 1 heterocycles. The van der Waals surface area contributed by atoms with Crippen molar-refractivity contribution >= 4 is 5.91 Å². The molecule has 160 valence electrons. The fourth-order valence-corrected chi connectivity index (χ4v) is 4.03. The third-order valence-electron chi connectivity index (χ3n) is 5.65. The molecule has 1 amide bonds. The minimum atomic E-state index is -0.296. The minimum absolute atomic E-state index is 0.0290. The van der Waals surface area contributed by atoms with Crippen molar-refractivity contribution in [2.24, 2.45) is 0 Å². The van der Waals surface area contributed by atoms with Gasteiger partial charge in [-0.1, -0.05) is 30.3 Å². The van der Waals surface area contributed by atoms with Crippen LogP contribution >= 0.6 is 0 Å². The molecule has 0 aromatic heterocycles. The number of rotatable bonds is 5. The van der Waals surface area contributed by atoms with Crippen molar-refractivity contribution in [1.82, 2.24) is 9.80 Å². The van der Waals surface area contributed by atoms with Gasteiger partial charge in [-0.15, -0.1) is 0 Å². The predicted molar refractivity (Wildman–Crippen MR) is 115 cm³/mol. The predicted octanol–water partition coefficient (Wildman–Crippen LogP) is 4.52. The Morgan fingerprint density at radius 1 is 0.839 bits per heavy atom. The van der Waals surface area contributed by atoms with Crippen molar-refractivity contribution < 1.29 is 18.3 Å². The lowest BCUT2D eigenvalue weighted by Gasteiger charge is -2.39. The van der Waals surface area contributed by atoms with Crippen LogP contribution in [0.15, 0.2) is 72.8 Å². The molecule has 0 atom stereocenters. The summed E-state index contributed by atoms with van der Waals surface area (Å²) in [6, 6.07) is 19.8. The van der Waals surface area contributed by atoms with Crippen LogP contribution in [0.2, 0.25) is 0 Å². The van der Waals surface area contributed by atoms with E-state index < -0.39 is 0 Å². The molecule has 1 aliphatic heterocycles. The summed E-state index contributed by atoms with van der Waals surface area (Å²) in [4.78, 5) is 17.0. The van der Waals surface area contributed by atoms with E-state index in [0.29, 0.717) is 37.5 Å². The normalized spacial score (nSPS) is 14.6. The van der Waals surface area contributed by atoms with Gasteiger partial charge >= 0.3 is 0 Å². The molecular weight excluding hydrogens is 398 g/mol. The SMILES string of the molecule is COc1cccc(C(=O)N2CCN(C(c3ccc(F)cc3)c3ccc(F)cc3)CC2)c1. The highest BCUT2D eigenvalue weighted by molar-refractivity contribution is 5.94. The second-order valence-corrected chi connectivity index (χ2v) is 7.57. The second-order valence-electron chi connectivity index (χ2n) is 7.57. The first-order valence-electron chi connectivity index (χ1n) is 10.2. The number of methoxy groups -OCH3 is 1. The molecule has 1 saturated heterocycles. The van der Waals surface area contributed by atoms with E-state index >= 15 is 0 Å². The Morgan fingerprint density at radius 2 is 1.39 bits per heavy atom. The van der Waals surface area contributed by atoms with Crippen LogP contribution in [-0.2, 0) is 0 Å². The first-order chi connectivity index (χ1) is 15.0. The molecular formula is C25H24F2N2O2. The fraction of sp³-hybridized carbons (Fsp3) is 0.240. The summed E-state index contributed by atoms with van der Waals surface area (Å²) in [7, 11) is 1.58. The van der Waals surface area contributed by atoms with E-state index in [4.69, 9.17) is 4.74 Å². The number of piperazine rings is 1. The lowest BCUT2D eigenvalue weighted by atomic mass is 9.96. The van der Waals surface area contributed by atoms with Crippen molar-refractivity contribution in [2.75, 3.05) is 33.3 Å². The monoisotopic (exact) mass is 422 g/mol. The van der Waals surface area contributed by atoms with Gasteiger partial charge in [0.2, 0.25) is 0 Å². The summed E-state index contributed by atoms with van der Waals surface area (Å²) in [5.41, 5.74) is 2.46. The molecule has 0 bridgehead atoms. The molecule has 0 N–H and O–H groups in total. The molecule has 1 fully saturated rings. The maximum atomic E-state index is 13.5. The van der Waals surface area contributed by atoms with Crippen LogP contribution in [0.5, 0.6) is 5.75 Å². The third kappa shape index (κ3) is 4.75. The molecule has 3 aromatic rings. The van der Waals surface area contributed by atoms with E-state index in [2.05, 4.69) is 4.90 Å². The van der Waals surface area contributed by atoms with Gasteiger partial charge in [-0.3, -0.25) is 9.69 Å². The molecule has 4 rings (SSSR count). The summed E-state index contributed by atoms with van der Waals surface area (Å²) in [5, 5.41) is 0. The average molecular weight is 422 g/mol. The highest BCUT2D eigenvalue weighted by Gasteiger charge is 2.28. The number of hydrogen-bond acceptors (Lipinski definition) is 3. The zero-order chi connectivity index (χ0) is 21.8. The Kier molecular flexibility index (Phi) is 6.28. The van der Waals surface area contributed by atoms with Crippen LogP contribution in [0, 0.1) is 11.6 Å². The first-order valence-corrected chi connectivity index (χ1v) is 10.2. The van der Waals surface area contributed by atoms with Gasteiger partial charge in [0.15, 0.2) is 0 Å². The molecule has 0 unspecified atom stereocenters. The third-order valence-corrected chi connectivity index (χ3v) is 5.65. The fourth-order valence-electron chi connectivity index (χ4n) is 4.03. The molecule has 3 aromatic carbocycles. The molecule has 0 saturated carbocycles. The van der Waals surface area contributed by atoms with E-state index in [9.17, 15) is 13.6 Å². The van der Waals surface area contributed by atoms with Gasteiger partial charge in [0.1, 0.15) is 17.4 Å². The van der Waals surface area contributed by atoms with Crippen LogP contribution in [-0.4, -0.2) is 49.0 Å². The summed E-state index contributed by atoms with van der Waals surface area (Å²) < 4.78 is 32.2. The zero-order valence-electron chi connectivity index (χ0n) is 17.3. The van der Waals surface area contributed by atoms with E-state index in [-0.39, 0.29) is 23.6 Å². The van der Waals surface area contributed by atoms with Crippen molar-refractivity contribution in [3.8, 4) is 5.75 Å². The molecule has 0 spiro atoms. The van der Waals surface area contributed by atoms with E-state index in [1.807, 2.05) is 11.0 Å². The molecule has 6 heteroatoms. The Labute approximate surface area is 180 Å². The Bertz CT molecular complexity index is 985. The van der Waals surface area contributed by atoms with Gasteiger partial charge in [0.25, 0.3) is 5.91 Å². The summed E-state index contributed by atoms with van der Waals surface area (Å²) >= 11 is 0. The Balaban J connectivity index is 1.52. The quantitative estimate of drug-likeness (QED) is 0.606. The summed E-state index contributed by atoms with van der Waals surface area (Å²) in [5.74, 6) is 0.0291. The van der Waals surface area contributed by atoms with E-state index in [1.54, 1.807) is 49.6 Å².